The molecule has 0 aromatic carbocycles. The highest BCUT2D eigenvalue weighted by Gasteiger charge is 2.06. The second kappa shape index (κ2) is 7.92. The summed E-state index contributed by atoms with van der Waals surface area (Å²) in [6.07, 6.45) is 2.58. The molecule has 1 atom stereocenters. The van der Waals surface area contributed by atoms with E-state index in [4.69, 9.17) is 5.73 Å². The minimum absolute atomic E-state index is 0.0653. The monoisotopic (exact) mass is 254 g/mol. The molecular weight excluding hydrogens is 236 g/mol. The van der Waals surface area contributed by atoms with Crippen LogP contribution in [0.25, 0.3) is 0 Å². The van der Waals surface area contributed by atoms with Crippen LogP contribution in [-0.4, -0.2) is 28.4 Å². The number of amides is 1. The van der Waals surface area contributed by atoms with Crippen LogP contribution in [0.3, 0.4) is 0 Å². The van der Waals surface area contributed by atoms with Crippen molar-refractivity contribution in [2.24, 2.45) is 5.73 Å². The predicted octanol–water partition coefficient (Wildman–Crippen LogP) is 0.995. The maximum atomic E-state index is 11.5. The van der Waals surface area contributed by atoms with Crippen molar-refractivity contribution in [1.29, 1.82) is 0 Å². The molecule has 1 aromatic heterocycles. The van der Waals surface area contributed by atoms with Gasteiger partial charge in [0.15, 0.2) is 0 Å². The van der Waals surface area contributed by atoms with Crippen molar-refractivity contribution >= 4 is 23.5 Å². The Labute approximate surface area is 106 Å². The van der Waals surface area contributed by atoms with Crippen molar-refractivity contribution in [3.63, 3.8) is 0 Å². The third kappa shape index (κ3) is 6.13. The van der Waals surface area contributed by atoms with Crippen molar-refractivity contribution in [2.45, 2.75) is 18.6 Å². The van der Waals surface area contributed by atoms with Gasteiger partial charge in [-0.05, 0) is 25.1 Å². The summed E-state index contributed by atoms with van der Waals surface area (Å²) in [5, 5.41) is 0.403. The third-order valence-electron chi connectivity index (χ3n) is 2.07. The third-order valence-corrected chi connectivity index (χ3v) is 3.30. The predicted molar refractivity (Wildman–Crippen MR) is 71.6 cm³/mol. The Hall–Kier alpha value is -1.27. The van der Waals surface area contributed by atoms with E-state index in [0.29, 0.717) is 23.4 Å². The van der Waals surface area contributed by atoms with Gasteiger partial charge >= 0.3 is 0 Å². The number of anilines is 1. The fourth-order valence-corrected chi connectivity index (χ4v) is 1.95. The lowest BCUT2D eigenvalue weighted by Crippen LogP contribution is -2.31. The largest absolute Gasteiger partial charge is 0.330 e. The summed E-state index contributed by atoms with van der Waals surface area (Å²) in [4.78, 5) is 15.5. The molecule has 0 aliphatic rings. The Morgan fingerprint density at radius 2 is 2.41 bits per heavy atom. The molecule has 6 heteroatoms. The highest BCUT2D eigenvalue weighted by atomic mass is 32.2. The van der Waals surface area contributed by atoms with E-state index in [1.54, 1.807) is 24.0 Å². The molecule has 1 heterocycles. The van der Waals surface area contributed by atoms with E-state index in [0.717, 1.165) is 6.42 Å². The minimum Gasteiger partial charge on any atom is -0.330 e. The molecule has 0 aliphatic carbocycles. The normalized spacial score (nSPS) is 11.9. The van der Waals surface area contributed by atoms with Gasteiger partial charge in [0.2, 0.25) is 5.91 Å². The van der Waals surface area contributed by atoms with E-state index in [9.17, 15) is 4.79 Å². The number of nitrogens with one attached hydrogen (secondary N) is 2. The number of nitrogens with two attached hydrogens (primary N) is 1. The zero-order valence-electron chi connectivity index (χ0n) is 9.85. The molecular formula is C11H18N4OS. The highest BCUT2D eigenvalue weighted by Crippen LogP contribution is 2.12. The molecule has 5 nitrogen and oxygen atoms in total. The average Bonchev–Trinajstić information content (AvgIpc) is 2.35. The SMILES string of the molecule is CC(CCN)SCC(=O)NNc1ccccn1. The summed E-state index contributed by atoms with van der Waals surface area (Å²) in [7, 11) is 0. The first-order chi connectivity index (χ1) is 8.22. The van der Waals surface area contributed by atoms with Gasteiger partial charge in [-0.3, -0.25) is 15.6 Å². The number of carbonyl (C=O) groups excluding carboxylic acids is 1. The number of thioether (sulfide) groups is 1. The number of nitrogens with zero attached hydrogens (tertiary/aromatic N) is 1. The zero-order chi connectivity index (χ0) is 12.5. The van der Waals surface area contributed by atoms with Gasteiger partial charge in [0, 0.05) is 11.4 Å². The number of hydrazine groups is 1. The fourth-order valence-electron chi connectivity index (χ4n) is 1.14. The van der Waals surface area contributed by atoms with Crippen LogP contribution < -0.4 is 16.6 Å². The van der Waals surface area contributed by atoms with Crippen LogP contribution in [0, 0.1) is 0 Å². The Kier molecular flexibility index (Phi) is 6.42. The molecule has 1 unspecified atom stereocenters. The summed E-state index contributed by atoms with van der Waals surface area (Å²) >= 11 is 1.59. The first-order valence-corrected chi connectivity index (χ1v) is 6.55. The van der Waals surface area contributed by atoms with Crippen LogP contribution in [0.4, 0.5) is 5.82 Å². The van der Waals surface area contributed by atoms with Crippen molar-refractivity contribution in [3.05, 3.63) is 24.4 Å². The van der Waals surface area contributed by atoms with Gasteiger partial charge in [-0.25, -0.2) is 4.98 Å². The van der Waals surface area contributed by atoms with Crippen molar-refractivity contribution < 1.29 is 4.79 Å². The molecule has 0 bridgehead atoms. The fraction of sp³-hybridized carbons (Fsp3) is 0.455. The van der Waals surface area contributed by atoms with E-state index in [1.807, 2.05) is 12.1 Å². The summed E-state index contributed by atoms with van der Waals surface area (Å²) in [5.74, 6) is 0.978. The lowest BCUT2D eigenvalue weighted by Gasteiger charge is -2.10. The Balaban J connectivity index is 2.17. The van der Waals surface area contributed by atoms with Gasteiger partial charge in [0.1, 0.15) is 5.82 Å². The smallest absolute Gasteiger partial charge is 0.248 e. The van der Waals surface area contributed by atoms with Crippen molar-refractivity contribution in [1.82, 2.24) is 10.4 Å². The van der Waals surface area contributed by atoms with E-state index in [-0.39, 0.29) is 5.91 Å². The summed E-state index contributed by atoms with van der Waals surface area (Å²) in [5.41, 5.74) is 10.8. The first kappa shape index (κ1) is 13.8. The van der Waals surface area contributed by atoms with Crippen LogP contribution in [0.2, 0.25) is 0 Å². The number of hydrogen-bond acceptors (Lipinski definition) is 5. The molecule has 0 spiro atoms. The van der Waals surface area contributed by atoms with Crippen molar-refractivity contribution in [3.8, 4) is 0 Å². The Bertz CT molecular complexity index is 334. The van der Waals surface area contributed by atoms with Gasteiger partial charge in [-0.15, -0.1) is 11.8 Å². The van der Waals surface area contributed by atoms with E-state index in [1.165, 1.54) is 0 Å². The number of carbonyl (C=O) groups is 1. The quantitative estimate of drug-likeness (QED) is 0.632. The first-order valence-electron chi connectivity index (χ1n) is 5.50. The van der Waals surface area contributed by atoms with Gasteiger partial charge in [0.05, 0.1) is 5.75 Å². The summed E-state index contributed by atoms with van der Waals surface area (Å²) in [6.45, 7) is 2.72. The lowest BCUT2D eigenvalue weighted by atomic mass is 10.3. The summed E-state index contributed by atoms with van der Waals surface area (Å²) in [6, 6.07) is 5.45. The van der Waals surface area contributed by atoms with E-state index >= 15 is 0 Å². The second-order valence-corrected chi connectivity index (χ2v) is 5.01. The number of rotatable bonds is 7. The molecule has 0 fully saturated rings. The topological polar surface area (TPSA) is 80.0 Å². The Morgan fingerprint density at radius 3 is 3.06 bits per heavy atom. The molecule has 17 heavy (non-hydrogen) atoms. The number of hydrogen-bond donors (Lipinski definition) is 3. The molecule has 4 N–H and O–H groups in total. The molecule has 0 aliphatic heterocycles. The van der Waals surface area contributed by atoms with Gasteiger partial charge in [0.25, 0.3) is 0 Å². The molecule has 0 saturated carbocycles. The second-order valence-electron chi connectivity index (χ2n) is 3.59. The van der Waals surface area contributed by atoms with E-state index < -0.39 is 0 Å². The van der Waals surface area contributed by atoms with Gasteiger partial charge in [-0.2, -0.15) is 0 Å². The van der Waals surface area contributed by atoms with Gasteiger partial charge in [-0.1, -0.05) is 13.0 Å². The molecule has 0 saturated heterocycles. The minimum atomic E-state index is -0.0653. The Morgan fingerprint density at radius 1 is 1.59 bits per heavy atom. The number of aromatic nitrogens is 1. The maximum absolute atomic E-state index is 11.5. The van der Waals surface area contributed by atoms with Crippen LogP contribution in [-0.2, 0) is 4.79 Å². The van der Waals surface area contributed by atoms with Crippen LogP contribution >= 0.6 is 11.8 Å². The zero-order valence-corrected chi connectivity index (χ0v) is 10.7. The summed E-state index contributed by atoms with van der Waals surface area (Å²) < 4.78 is 0. The molecule has 0 radical (unpaired) electrons. The molecule has 1 aromatic rings. The van der Waals surface area contributed by atoms with Gasteiger partial charge < -0.3 is 5.73 Å². The number of pyridine rings is 1. The van der Waals surface area contributed by atoms with Crippen LogP contribution in [0.1, 0.15) is 13.3 Å². The molecule has 94 valence electrons. The average molecular weight is 254 g/mol. The van der Waals surface area contributed by atoms with Crippen LogP contribution in [0.15, 0.2) is 24.4 Å². The lowest BCUT2D eigenvalue weighted by molar-refractivity contribution is -0.118. The maximum Gasteiger partial charge on any atom is 0.248 e. The molecule has 1 rings (SSSR count). The highest BCUT2D eigenvalue weighted by molar-refractivity contribution is 8.00. The van der Waals surface area contributed by atoms with E-state index in [2.05, 4.69) is 22.8 Å². The van der Waals surface area contributed by atoms with Crippen molar-refractivity contribution in [2.75, 3.05) is 17.7 Å². The van der Waals surface area contributed by atoms with Crippen LogP contribution in [0.5, 0.6) is 0 Å². The standard InChI is InChI=1S/C11H18N4OS/c1-9(5-6-12)17-8-11(16)15-14-10-4-2-3-7-13-10/h2-4,7,9H,5-6,8,12H2,1H3,(H,13,14)(H,15,16). The molecule has 1 amide bonds.